The van der Waals surface area contributed by atoms with Gasteiger partial charge in [0, 0.05) is 24.1 Å². The summed E-state index contributed by atoms with van der Waals surface area (Å²) >= 11 is 1.41. The van der Waals surface area contributed by atoms with Gasteiger partial charge in [-0.2, -0.15) is 0 Å². The predicted octanol–water partition coefficient (Wildman–Crippen LogP) is 2.69. The van der Waals surface area contributed by atoms with E-state index in [1.165, 1.54) is 29.5 Å². The molecule has 0 aliphatic rings. The highest BCUT2D eigenvalue weighted by molar-refractivity contribution is 7.15. The van der Waals surface area contributed by atoms with Crippen LogP contribution in [0.5, 0.6) is 0 Å². The lowest BCUT2D eigenvalue weighted by Crippen LogP contribution is -2.14. The Kier molecular flexibility index (Phi) is 4.94. The van der Waals surface area contributed by atoms with Gasteiger partial charge in [-0.3, -0.25) is 14.9 Å². The Morgan fingerprint density at radius 1 is 1.43 bits per heavy atom. The van der Waals surface area contributed by atoms with Crippen molar-refractivity contribution in [3.63, 3.8) is 0 Å². The fourth-order valence-corrected chi connectivity index (χ4v) is 2.53. The van der Waals surface area contributed by atoms with Crippen LogP contribution in [0.15, 0.2) is 24.3 Å². The van der Waals surface area contributed by atoms with Crippen LogP contribution in [0.1, 0.15) is 28.7 Å². The van der Waals surface area contributed by atoms with Crippen molar-refractivity contribution < 1.29 is 9.72 Å². The Morgan fingerprint density at radius 3 is 2.95 bits per heavy atom. The van der Waals surface area contributed by atoms with Crippen LogP contribution in [0, 0.1) is 10.1 Å². The molecule has 0 amide bonds. The van der Waals surface area contributed by atoms with E-state index in [-0.39, 0.29) is 18.0 Å². The summed E-state index contributed by atoms with van der Waals surface area (Å²) in [7, 11) is 0. The Bertz CT molecular complexity index is 656. The quantitative estimate of drug-likeness (QED) is 0.480. The fraction of sp³-hybridized carbons (Fsp3) is 0.308. The highest BCUT2D eigenvalue weighted by atomic mass is 32.1. The molecule has 0 aliphatic carbocycles. The minimum absolute atomic E-state index is 0.0297. The topological polar surface area (TPSA) is 98.0 Å². The van der Waals surface area contributed by atoms with Gasteiger partial charge in [0.15, 0.2) is 5.78 Å². The van der Waals surface area contributed by atoms with Crippen LogP contribution in [-0.2, 0) is 6.42 Å². The van der Waals surface area contributed by atoms with Gasteiger partial charge in [-0.1, -0.05) is 30.4 Å². The number of aryl methyl sites for hydroxylation is 1. The molecule has 1 aromatic carbocycles. The second kappa shape index (κ2) is 6.89. The van der Waals surface area contributed by atoms with Gasteiger partial charge in [0.05, 0.1) is 11.5 Å². The molecule has 2 rings (SSSR count). The lowest BCUT2D eigenvalue weighted by Gasteiger charge is -2.01. The van der Waals surface area contributed by atoms with Gasteiger partial charge < -0.3 is 5.32 Å². The second-order valence-electron chi connectivity index (χ2n) is 4.34. The van der Waals surface area contributed by atoms with E-state index in [1.807, 2.05) is 0 Å². The number of Topliss-reactive ketones (excluding diaryl/α,β-unsaturated/α-hetero) is 1. The minimum atomic E-state index is -0.522. The van der Waals surface area contributed by atoms with Gasteiger partial charge in [-0.15, -0.1) is 10.2 Å². The molecule has 0 aliphatic heterocycles. The zero-order valence-corrected chi connectivity index (χ0v) is 12.2. The molecule has 0 atom stereocenters. The molecule has 21 heavy (non-hydrogen) atoms. The average Bonchev–Trinajstić information content (AvgIpc) is 2.93. The third-order valence-electron chi connectivity index (χ3n) is 2.71. The van der Waals surface area contributed by atoms with Crippen LogP contribution in [0.25, 0.3) is 0 Å². The summed E-state index contributed by atoms with van der Waals surface area (Å²) in [6.45, 7) is 2.09. The summed E-state index contributed by atoms with van der Waals surface area (Å²) in [6, 6.07) is 5.67. The van der Waals surface area contributed by atoms with Crippen molar-refractivity contribution in [2.45, 2.75) is 19.8 Å². The minimum Gasteiger partial charge on any atom is -0.353 e. The fourth-order valence-electron chi connectivity index (χ4n) is 1.69. The van der Waals surface area contributed by atoms with Crippen molar-refractivity contribution in [1.29, 1.82) is 0 Å². The van der Waals surface area contributed by atoms with Gasteiger partial charge in [0.25, 0.3) is 5.69 Å². The molecule has 0 spiro atoms. The van der Waals surface area contributed by atoms with E-state index < -0.39 is 4.92 Å². The first kappa shape index (κ1) is 15.0. The van der Waals surface area contributed by atoms with Crippen LogP contribution in [-0.4, -0.2) is 27.4 Å². The van der Waals surface area contributed by atoms with Crippen LogP contribution in [0.2, 0.25) is 0 Å². The van der Waals surface area contributed by atoms with Crippen LogP contribution in [0.3, 0.4) is 0 Å². The summed E-state index contributed by atoms with van der Waals surface area (Å²) in [6.07, 6.45) is 1.85. The third kappa shape index (κ3) is 4.06. The largest absolute Gasteiger partial charge is 0.353 e. The first-order chi connectivity index (χ1) is 10.1. The predicted molar refractivity (Wildman–Crippen MR) is 79.8 cm³/mol. The van der Waals surface area contributed by atoms with E-state index in [1.54, 1.807) is 6.07 Å². The lowest BCUT2D eigenvalue weighted by atomic mass is 10.1. The molecule has 1 N–H and O–H groups in total. The molecular formula is C13H14N4O3S. The smallest absolute Gasteiger partial charge is 0.270 e. The summed E-state index contributed by atoms with van der Waals surface area (Å²) in [5.74, 6) is -0.231. The molecule has 0 saturated carbocycles. The van der Waals surface area contributed by atoms with E-state index in [4.69, 9.17) is 0 Å². The maximum absolute atomic E-state index is 12.0. The molecule has 0 fully saturated rings. The number of benzene rings is 1. The summed E-state index contributed by atoms with van der Waals surface area (Å²) < 4.78 is 0. The standard InChI is InChI=1S/C13H14N4O3S/c1-2-4-12-15-16-13(21-12)14-8-11(18)9-5-3-6-10(7-9)17(19)20/h3,5-7H,2,4,8H2,1H3,(H,14,16). The molecule has 0 unspecified atom stereocenters. The zero-order valence-electron chi connectivity index (χ0n) is 11.4. The van der Waals surface area contributed by atoms with Crippen LogP contribution >= 0.6 is 11.3 Å². The third-order valence-corrected chi connectivity index (χ3v) is 3.65. The van der Waals surface area contributed by atoms with Gasteiger partial charge in [-0.05, 0) is 6.42 Å². The van der Waals surface area contributed by atoms with Crippen molar-refractivity contribution in [3.8, 4) is 0 Å². The number of carbonyl (C=O) groups excluding carboxylic acids is 1. The SMILES string of the molecule is CCCc1nnc(NCC(=O)c2cccc([N+](=O)[O-])c2)s1. The highest BCUT2D eigenvalue weighted by Gasteiger charge is 2.12. The number of ketones is 1. The number of nitro groups is 1. The molecule has 2 aromatic rings. The molecule has 0 saturated heterocycles. The average molecular weight is 306 g/mol. The number of carbonyl (C=O) groups is 1. The van der Waals surface area contributed by atoms with E-state index in [2.05, 4.69) is 22.4 Å². The number of nitrogens with one attached hydrogen (secondary N) is 1. The number of nitrogens with zero attached hydrogens (tertiary/aromatic N) is 3. The second-order valence-corrected chi connectivity index (χ2v) is 5.40. The maximum Gasteiger partial charge on any atom is 0.270 e. The van der Waals surface area contributed by atoms with Crippen molar-refractivity contribution in [1.82, 2.24) is 10.2 Å². The first-order valence-electron chi connectivity index (χ1n) is 6.44. The number of aromatic nitrogens is 2. The molecule has 7 nitrogen and oxygen atoms in total. The number of nitro benzene ring substituents is 1. The number of anilines is 1. The van der Waals surface area contributed by atoms with Crippen molar-refractivity contribution in [2.75, 3.05) is 11.9 Å². The van der Waals surface area contributed by atoms with E-state index in [0.717, 1.165) is 17.8 Å². The summed E-state index contributed by atoms with van der Waals surface area (Å²) in [4.78, 5) is 22.2. The van der Waals surface area contributed by atoms with Crippen LogP contribution < -0.4 is 5.32 Å². The Morgan fingerprint density at radius 2 is 2.24 bits per heavy atom. The number of hydrogen-bond acceptors (Lipinski definition) is 7. The Hall–Kier alpha value is -2.35. The molecule has 1 aromatic heterocycles. The monoisotopic (exact) mass is 306 g/mol. The van der Waals surface area contributed by atoms with Crippen molar-refractivity contribution in [2.24, 2.45) is 0 Å². The number of hydrogen-bond donors (Lipinski definition) is 1. The first-order valence-corrected chi connectivity index (χ1v) is 7.25. The normalized spacial score (nSPS) is 10.3. The summed E-state index contributed by atoms with van der Waals surface area (Å²) in [5, 5.41) is 23.0. The van der Waals surface area contributed by atoms with Crippen LogP contribution in [0.4, 0.5) is 10.8 Å². The zero-order chi connectivity index (χ0) is 15.2. The Balaban J connectivity index is 1.97. The molecule has 8 heteroatoms. The molecule has 1 heterocycles. The van der Waals surface area contributed by atoms with Gasteiger partial charge in [0.1, 0.15) is 5.01 Å². The molecule has 110 valence electrons. The highest BCUT2D eigenvalue weighted by Crippen LogP contribution is 2.17. The summed E-state index contributed by atoms with van der Waals surface area (Å²) in [5.41, 5.74) is 0.206. The molecule has 0 bridgehead atoms. The van der Waals surface area contributed by atoms with E-state index in [9.17, 15) is 14.9 Å². The van der Waals surface area contributed by atoms with Gasteiger partial charge >= 0.3 is 0 Å². The molecule has 0 radical (unpaired) electrons. The Labute approximate surface area is 125 Å². The van der Waals surface area contributed by atoms with E-state index in [0.29, 0.717) is 10.7 Å². The van der Waals surface area contributed by atoms with Gasteiger partial charge in [-0.25, -0.2) is 0 Å². The van der Waals surface area contributed by atoms with E-state index >= 15 is 0 Å². The number of rotatable bonds is 7. The van der Waals surface area contributed by atoms with Crippen molar-refractivity contribution in [3.05, 3.63) is 45.0 Å². The number of non-ortho nitro benzene ring substituents is 1. The van der Waals surface area contributed by atoms with Gasteiger partial charge in [0.2, 0.25) is 5.13 Å². The maximum atomic E-state index is 12.0. The molecular weight excluding hydrogens is 292 g/mol. The lowest BCUT2D eigenvalue weighted by molar-refractivity contribution is -0.384. The van der Waals surface area contributed by atoms with Crippen molar-refractivity contribution >= 4 is 27.9 Å².